The second-order valence-corrected chi connectivity index (χ2v) is 8.79. The molecule has 33 heavy (non-hydrogen) atoms. The zero-order valence-electron chi connectivity index (χ0n) is 19.0. The lowest BCUT2D eigenvalue weighted by Gasteiger charge is -2.16. The fraction of sp³-hybridized carbons (Fsp3) is 0.385. The molecule has 0 unspecified atom stereocenters. The number of fused-ring (bicyclic) bond motifs is 3. The number of hydrogen-bond donors (Lipinski definition) is 1. The van der Waals surface area contributed by atoms with Crippen molar-refractivity contribution in [2.45, 2.75) is 58.5 Å². The van der Waals surface area contributed by atoms with Gasteiger partial charge in [-0.05, 0) is 56.5 Å². The zero-order chi connectivity index (χ0) is 22.8. The van der Waals surface area contributed by atoms with Crippen molar-refractivity contribution in [3.05, 3.63) is 70.0 Å². The van der Waals surface area contributed by atoms with Gasteiger partial charge in [0, 0.05) is 31.6 Å². The summed E-state index contributed by atoms with van der Waals surface area (Å²) in [7, 11) is 0. The molecule has 0 atom stereocenters. The van der Waals surface area contributed by atoms with Crippen LogP contribution in [0.1, 0.15) is 54.1 Å². The molecular formula is C26H29N5O2. The maximum atomic E-state index is 13.0. The summed E-state index contributed by atoms with van der Waals surface area (Å²) in [5, 5.41) is 3.59. The number of rotatable bonds is 5. The van der Waals surface area contributed by atoms with E-state index in [-0.39, 0.29) is 11.5 Å². The average molecular weight is 444 g/mol. The van der Waals surface area contributed by atoms with Gasteiger partial charge in [-0.25, -0.2) is 9.97 Å². The third-order valence-corrected chi connectivity index (χ3v) is 6.52. The number of carbonyl (C=O) groups is 1. The maximum Gasteiger partial charge on any atom is 0.261 e. The first-order valence-corrected chi connectivity index (χ1v) is 11.9. The van der Waals surface area contributed by atoms with E-state index >= 15 is 0 Å². The van der Waals surface area contributed by atoms with Crippen molar-refractivity contribution in [2.75, 3.05) is 6.54 Å². The van der Waals surface area contributed by atoms with Crippen molar-refractivity contribution >= 4 is 27.8 Å². The van der Waals surface area contributed by atoms with Crippen LogP contribution in [0.25, 0.3) is 21.9 Å². The van der Waals surface area contributed by atoms with E-state index in [1.807, 2.05) is 29.7 Å². The summed E-state index contributed by atoms with van der Waals surface area (Å²) < 4.78 is 4.01. The van der Waals surface area contributed by atoms with Crippen LogP contribution in [0.2, 0.25) is 0 Å². The molecule has 0 spiro atoms. The zero-order valence-corrected chi connectivity index (χ0v) is 19.0. The van der Waals surface area contributed by atoms with E-state index in [1.54, 1.807) is 18.2 Å². The highest BCUT2D eigenvalue weighted by atomic mass is 16.1. The number of carbonyl (C=O) groups excluding carboxylic acids is 1. The minimum Gasteiger partial charge on any atom is -0.352 e. The molecule has 1 amide bonds. The number of nitrogens with zero attached hydrogens (tertiary/aromatic N) is 4. The van der Waals surface area contributed by atoms with Gasteiger partial charge in [0.25, 0.3) is 11.5 Å². The highest BCUT2D eigenvalue weighted by Gasteiger charge is 2.15. The minimum absolute atomic E-state index is 0.00628. The molecule has 3 heterocycles. The second kappa shape index (κ2) is 9.17. The van der Waals surface area contributed by atoms with Gasteiger partial charge >= 0.3 is 0 Å². The Kier molecular flexibility index (Phi) is 5.94. The number of aryl methyl sites for hydroxylation is 3. The molecule has 7 heteroatoms. The normalized spacial score (nSPS) is 14.1. The van der Waals surface area contributed by atoms with Crippen LogP contribution in [0.4, 0.5) is 0 Å². The first kappa shape index (κ1) is 21.4. The van der Waals surface area contributed by atoms with E-state index in [0.717, 1.165) is 67.9 Å². The summed E-state index contributed by atoms with van der Waals surface area (Å²) in [5.74, 6) is 1.68. The van der Waals surface area contributed by atoms with E-state index < -0.39 is 0 Å². The molecule has 0 saturated carbocycles. The van der Waals surface area contributed by atoms with Crippen LogP contribution in [0.3, 0.4) is 0 Å². The number of hydrogen-bond acceptors (Lipinski definition) is 4. The van der Waals surface area contributed by atoms with Gasteiger partial charge in [0.2, 0.25) is 0 Å². The molecule has 0 bridgehead atoms. The Bertz CT molecular complexity index is 1380. The Labute approximate surface area is 192 Å². The molecule has 5 rings (SSSR count). The molecule has 0 saturated heterocycles. The van der Waals surface area contributed by atoms with Gasteiger partial charge < -0.3 is 9.88 Å². The lowest BCUT2D eigenvalue weighted by atomic mass is 10.1. The van der Waals surface area contributed by atoms with E-state index in [0.29, 0.717) is 23.0 Å². The highest BCUT2D eigenvalue weighted by Crippen LogP contribution is 2.17. The maximum absolute atomic E-state index is 13.0. The largest absolute Gasteiger partial charge is 0.352 e. The predicted molar refractivity (Wildman–Crippen MR) is 130 cm³/mol. The molecule has 1 N–H and O–H groups in total. The molecule has 1 aliphatic heterocycles. The number of nitrogens with one attached hydrogen (secondary N) is 1. The van der Waals surface area contributed by atoms with E-state index in [4.69, 9.17) is 4.98 Å². The molecule has 2 aromatic carbocycles. The molecule has 2 aromatic heterocycles. The van der Waals surface area contributed by atoms with Crippen molar-refractivity contribution in [2.24, 2.45) is 0 Å². The SMILES string of the molecule is Cc1nc2ccccc2n1CCCNC(=O)c1ccc2c(=O)n3c(nc2c1)CCCCCC3. The molecule has 0 aliphatic carbocycles. The van der Waals surface area contributed by atoms with Gasteiger partial charge in [-0.2, -0.15) is 0 Å². The van der Waals surface area contributed by atoms with Crippen LogP contribution in [0, 0.1) is 6.92 Å². The van der Waals surface area contributed by atoms with E-state index in [9.17, 15) is 9.59 Å². The quantitative estimate of drug-likeness (QED) is 0.473. The van der Waals surface area contributed by atoms with Gasteiger partial charge in [-0.15, -0.1) is 0 Å². The number of benzene rings is 2. The van der Waals surface area contributed by atoms with Crippen molar-refractivity contribution in [1.82, 2.24) is 24.4 Å². The van der Waals surface area contributed by atoms with Crippen LogP contribution in [-0.4, -0.2) is 31.6 Å². The number of amides is 1. The predicted octanol–water partition coefficient (Wildman–Crippen LogP) is 3.99. The molecule has 1 aliphatic rings. The third-order valence-electron chi connectivity index (χ3n) is 6.52. The van der Waals surface area contributed by atoms with Crippen molar-refractivity contribution < 1.29 is 4.79 Å². The lowest BCUT2D eigenvalue weighted by molar-refractivity contribution is 0.0953. The van der Waals surface area contributed by atoms with Crippen molar-refractivity contribution in [1.29, 1.82) is 0 Å². The topological polar surface area (TPSA) is 81.8 Å². The number of aromatic nitrogens is 4. The van der Waals surface area contributed by atoms with Gasteiger partial charge in [-0.3, -0.25) is 14.2 Å². The van der Waals surface area contributed by atoms with Crippen molar-refractivity contribution in [3.63, 3.8) is 0 Å². The van der Waals surface area contributed by atoms with Crippen molar-refractivity contribution in [3.8, 4) is 0 Å². The number of imidazole rings is 1. The summed E-state index contributed by atoms with van der Waals surface area (Å²) in [4.78, 5) is 35.1. The Morgan fingerprint density at radius 1 is 1.03 bits per heavy atom. The van der Waals surface area contributed by atoms with Gasteiger partial charge in [-0.1, -0.05) is 25.0 Å². The summed E-state index contributed by atoms with van der Waals surface area (Å²) in [6, 6.07) is 13.3. The molecule has 170 valence electrons. The van der Waals surface area contributed by atoms with Crippen LogP contribution >= 0.6 is 0 Å². The molecular weight excluding hydrogens is 414 g/mol. The lowest BCUT2D eigenvalue weighted by Crippen LogP contribution is -2.27. The minimum atomic E-state index is -0.141. The molecule has 4 aromatic rings. The molecule has 0 radical (unpaired) electrons. The van der Waals surface area contributed by atoms with Gasteiger partial charge in [0.05, 0.1) is 21.9 Å². The van der Waals surface area contributed by atoms with Crippen LogP contribution in [-0.2, 0) is 19.5 Å². The standard InChI is InChI=1S/C26H29N5O2/c1-18-28-21-9-5-6-10-23(21)30(18)16-8-14-27-25(32)19-12-13-20-22(17-19)29-24-11-4-2-3-7-15-31(24)26(20)33/h5-6,9-10,12-13,17H,2-4,7-8,11,14-16H2,1H3,(H,27,32). The van der Waals surface area contributed by atoms with Crippen LogP contribution in [0.5, 0.6) is 0 Å². The first-order valence-electron chi connectivity index (χ1n) is 11.9. The first-order chi connectivity index (χ1) is 16.1. The molecule has 0 fully saturated rings. The Hall–Kier alpha value is -3.48. The monoisotopic (exact) mass is 443 g/mol. The highest BCUT2D eigenvalue weighted by molar-refractivity contribution is 5.97. The fourth-order valence-electron chi connectivity index (χ4n) is 4.76. The van der Waals surface area contributed by atoms with E-state index in [1.165, 1.54) is 6.42 Å². The smallest absolute Gasteiger partial charge is 0.261 e. The average Bonchev–Trinajstić information content (AvgIpc) is 3.12. The second-order valence-electron chi connectivity index (χ2n) is 8.79. The van der Waals surface area contributed by atoms with Crippen LogP contribution in [0.15, 0.2) is 47.3 Å². The Balaban J connectivity index is 1.28. The Morgan fingerprint density at radius 3 is 2.79 bits per heavy atom. The fourth-order valence-corrected chi connectivity index (χ4v) is 4.76. The summed E-state index contributed by atoms with van der Waals surface area (Å²) in [6.07, 6.45) is 5.99. The summed E-state index contributed by atoms with van der Waals surface area (Å²) in [5.41, 5.74) is 3.26. The van der Waals surface area contributed by atoms with Gasteiger partial charge in [0.15, 0.2) is 0 Å². The van der Waals surface area contributed by atoms with E-state index in [2.05, 4.69) is 20.9 Å². The summed E-state index contributed by atoms with van der Waals surface area (Å²) in [6.45, 7) is 4.08. The number of para-hydroxylation sites is 2. The van der Waals surface area contributed by atoms with Crippen LogP contribution < -0.4 is 10.9 Å². The molecule has 7 nitrogen and oxygen atoms in total. The van der Waals surface area contributed by atoms with Gasteiger partial charge in [0.1, 0.15) is 11.6 Å². The Morgan fingerprint density at radius 2 is 1.88 bits per heavy atom. The third kappa shape index (κ3) is 4.27. The summed E-state index contributed by atoms with van der Waals surface area (Å²) >= 11 is 0.